The zero-order chi connectivity index (χ0) is 14.5. The summed E-state index contributed by atoms with van der Waals surface area (Å²) in [6.07, 6.45) is 1.11. The molecule has 2 aliphatic rings. The fourth-order valence-corrected chi connectivity index (χ4v) is 4.75. The quantitative estimate of drug-likeness (QED) is 0.780. The molecule has 3 rings (SSSR count). The summed E-state index contributed by atoms with van der Waals surface area (Å²) in [5.74, 6) is -1.28. The first-order chi connectivity index (χ1) is 9.39. The van der Waals surface area contributed by atoms with E-state index < -0.39 is 21.2 Å². The number of benzene rings is 1. The number of carbonyl (C=O) groups excluding carboxylic acids is 2. The van der Waals surface area contributed by atoms with Gasteiger partial charge in [0.05, 0.1) is 29.5 Å². The smallest absolute Gasteiger partial charge is 0.339 e. The number of methoxy groups -OCH3 is 1. The maximum Gasteiger partial charge on any atom is 0.339 e. The second-order valence-corrected chi connectivity index (χ2v) is 7.09. The second kappa shape index (κ2) is 4.05. The number of nitrogens with one attached hydrogen (secondary N) is 1. The summed E-state index contributed by atoms with van der Waals surface area (Å²) in [6, 6.07) is 4.39. The number of sulfone groups is 1. The number of hydrogen-bond acceptors (Lipinski definition) is 5. The average molecular weight is 295 g/mol. The Morgan fingerprint density at radius 3 is 2.65 bits per heavy atom. The summed E-state index contributed by atoms with van der Waals surface area (Å²) < 4.78 is 29.7. The molecule has 0 unspecified atom stereocenters. The maximum absolute atomic E-state index is 12.5. The van der Waals surface area contributed by atoms with E-state index in [1.54, 1.807) is 0 Å². The third kappa shape index (κ3) is 1.81. The van der Waals surface area contributed by atoms with Crippen molar-refractivity contribution >= 4 is 27.4 Å². The van der Waals surface area contributed by atoms with E-state index in [-0.39, 0.29) is 27.8 Å². The molecule has 1 spiro atoms. The number of amides is 1. The Morgan fingerprint density at radius 2 is 2.05 bits per heavy atom. The largest absolute Gasteiger partial charge is 0.465 e. The minimum Gasteiger partial charge on any atom is -0.465 e. The van der Waals surface area contributed by atoms with Crippen LogP contribution in [0.15, 0.2) is 23.1 Å². The molecule has 0 atom stereocenters. The Balaban J connectivity index is 2.24. The first kappa shape index (κ1) is 13.1. The van der Waals surface area contributed by atoms with Crippen molar-refractivity contribution in [1.29, 1.82) is 0 Å². The van der Waals surface area contributed by atoms with Crippen LogP contribution < -0.4 is 5.32 Å². The zero-order valence-corrected chi connectivity index (χ0v) is 11.6. The molecule has 1 fully saturated rings. The molecule has 20 heavy (non-hydrogen) atoms. The highest BCUT2D eigenvalue weighted by Gasteiger charge is 2.55. The summed E-state index contributed by atoms with van der Waals surface area (Å²) in [4.78, 5) is 23.7. The zero-order valence-electron chi connectivity index (χ0n) is 10.8. The molecule has 1 aliphatic carbocycles. The van der Waals surface area contributed by atoms with Gasteiger partial charge in [-0.3, -0.25) is 4.79 Å². The molecular formula is C13H13NO5S. The number of anilines is 1. The van der Waals surface area contributed by atoms with Gasteiger partial charge in [-0.2, -0.15) is 0 Å². The van der Waals surface area contributed by atoms with Crippen molar-refractivity contribution in [3.63, 3.8) is 0 Å². The summed E-state index contributed by atoms with van der Waals surface area (Å²) in [5.41, 5.74) is -0.713. The molecule has 0 radical (unpaired) electrons. The van der Waals surface area contributed by atoms with Crippen LogP contribution in [0.25, 0.3) is 0 Å². The Kier molecular flexibility index (Phi) is 2.66. The van der Waals surface area contributed by atoms with Crippen LogP contribution in [0, 0.1) is 5.41 Å². The summed E-state index contributed by atoms with van der Waals surface area (Å²) in [5, 5.41) is 2.62. The van der Waals surface area contributed by atoms with Gasteiger partial charge < -0.3 is 10.1 Å². The SMILES string of the molecule is COC(=O)c1cccc2c1S(=O)(=O)CC1(CC1)C(=O)N2. The number of hydrogen-bond donors (Lipinski definition) is 1. The molecule has 0 aromatic heterocycles. The molecule has 1 aliphatic heterocycles. The van der Waals surface area contributed by atoms with E-state index in [4.69, 9.17) is 0 Å². The topological polar surface area (TPSA) is 89.5 Å². The van der Waals surface area contributed by atoms with Crippen LogP contribution in [0.1, 0.15) is 23.2 Å². The van der Waals surface area contributed by atoms with Gasteiger partial charge in [0.15, 0.2) is 9.84 Å². The molecule has 0 saturated heterocycles. The third-order valence-corrected chi connectivity index (χ3v) is 5.78. The summed E-state index contributed by atoms with van der Waals surface area (Å²) in [7, 11) is -2.54. The van der Waals surface area contributed by atoms with E-state index in [2.05, 4.69) is 10.1 Å². The molecule has 1 aromatic carbocycles. The van der Waals surface area contributed by atoms with Crippen LogP contribution >= 0.6 is 0 Å². The van der Waals surface area contributed by atoms with Crippen LogP contribution in [-0.2, 0) is 19.4 Å². The van der Waals surface area contributed by atoms with Crippen molar-refractivity contribution in [3.8, 4) is 0 Å². The van der Waals surface area contributed by atoms with E-state index in [1.807, 2.05) is 0 Å². The van der Waals surface area contributed by atoms with Crippen LogP contribution in [-0.4, -0.2) is 33.2 Å². The Morgan fingerprint density at radius 1 is 1.35 bits per heavy atom. The van der Waals surface area contributed by atoms with Gasteiger partial charge in [0.2, 0.25) is 5.91 Å². The summed E-state index contributed by atoms with van der Waals surface area (Å²) >= 11 is 0. The Hall–Kier alpha value is -1.89. The molecule has 6 nitrogen and oxygen atoms in total. The van der Waals surface area contributed by atoms with Crippen molar-refractivity contribution in [1.82, 2.24) is 0 Å². The highest BCUT2D eigenvalue weighted by molar-refractivity contribution is 7.91. The number of fused-ring (bicyclic) bond motifs is 1. The van der Waals surface area contributed by atoms with Crippen molar-refractivity contribution in [2.45, 2.75) is 17.7 Å². The van der Waals surface area contributed by atoms with Crippen molar-refractivity contribution in [3.05, 3.63) is 23.8 Å². The third-order valence-electron chi connectivity index (χ3n) is 3.78. The van der Waals surface area contributed by atoms with Gasteiger partial charge in [0, 0.05) is 0 Å². The standard InChI is InChI=1S/C13H13NO5S/c1-19-11(15)8-3-2-4-9-10(8)20(17,18)7-13(5-6-13)12(16)14-9/h2-4H,5-7H2,1H3,(H,14,16). The van der Waals surface area contributed by atoms with E-state index in [0.717, 1.165) is 0 Å². The predicted octanol–water partition coefficient (Wildman–Crippen LogP) is 0.979. The average Bonchev–Trinajstić information content (AvgIpc) is 3.17. The highest BCUT2D eigenvalue weighted by atomic mass is 32.2. The van der Waals surface area contributed by atoms with Crippen LogP contribution in [0.2, 0.25) is 0 Å². The lowest BCUT2D eigenvalue weighted by molar-refractivity contribution is -0.120. The Labute approximate surface area is 116 Å². The molecule has 1 saturated carbocycles. The molecule has 1 amide bonds. The van der Waals surface area contributed by atoms with Gasteiger partial charge in [-0.1, -0.05) is 6.07 Å². The lowest BCUT2D eigenvalue weighted by Gasteiger charge is -2.10. The number of esters is 1. The van der Waals surface area contributed by atoms with Gasteiger partial charge in [-0.25, -0.2) is 13.2 Å². The fraction of sp³-hybridized carbons (Fsp3) is 0.385. The first-order valence-electron chi connectivity index (χ1n) is 6.15. The van der Waals surface area contributed by atoms with Gasteiger partial charge in [0.25, 0.3) is 0 Å². The fourth-order valence-electron chi connectivity index (χ4n) is 2.52. The van der Waals surface area contributed by atoms with E-state index in [9.17, 15) is 18.0 Å². The normalized spacial score (nSPS) is 21.6. The lowest BCUT2D eigenvalue weighted by atomic mass is 10.1. The molecule has 106 valence electrons. The van der Waals surface area contributed by atoms with Crippen LogP contribution in [0.5, 0.6) is 0 Å². The predicted molar refractivity (Wildman–Crippen MR) is 70.1 cm³/mol. The second-order valence-electron chi connectivity index (χ2n) is 5.17. The number of rotatable bonds is 1. The van der Waals surface area contributed by atoms with Gasteiger partial charge in [-0.05, 0) is 25.0 Å². The molecular weight excluding hydrogens is 282 g/mol. The van der Waals surface area contributed by atoms with Gasteiger partial charge >= 0.3 is 5.97 Å². The van der Waals surface area contributed by atoms with Crippen LogP contribution in [0.4, 0.5) is 5.69 Å². The summed E-state index contributed by atoms with van der Waals surface area (Å²) in [6.45, 7) is 0. The van der Waals surface area contributed by atoms with Crippen molar-refractivity contribution in [2.75, 3.05) is 18.2 Å². The molecule has 1 aromatic rings. The van der Waals surface area contributed by atoms with Gasteiger partial charge in [-0.15, -0.1) is 0 Å². The minimum absolute atomic E-state index is 0.0389. The van der Waals surface area contributed by atoms with E-state index in [1.165, 1.54) is 25.3 Å². The highest BCUT2D eigenvalue weighted by Crippen LogP contribution is 2.51. The molecule has 0 bridgehead atoms. The Bertz CT molecular complexity index is 718. The maximum atomic E-state index is 12.5. The van der Waals surface area contributed by atoms with Gasteiger partial charge in [0.1, 0.15) is 4.90 Å². The van der Waals surface area contributed by atoms with Crippen LogP contribution in [0.3, 0.4) is 0 Å². The molecule has 7 heteroatoms. The monoisotopic (exact) mass is 295 g/mol. The first-order valence-corrected chi connectivity index (χ1v) is 7.80. The van der Waals surface area contributed by atoms with Crippen molar-refractivity contribution < 1.29 is 22.7 Å². The van der Waals surface area contributed by atoms with E-state index >= 15 is 0 Å². The lowest BCUT2D eigenvalue weighted by Crippen LogP contribution is -2.27. The molecule has 1 N–H and O–H groups in total. The number of ether oxygens (including phenoxy) is 1. The number of carbonyl (C=O) groups is 2. The molecule has 1 heterocycles. The van der Waals surface area contributed by atoms with E-state index in [0.29, 0.717) is 12.8 Å². The van der Waals surface area contributed by atoms with Crippen molar-refractivity contribution in [2.24, 2.45) is 5.41 Å². The minimum atomic E-state index is -3.73.